The van der Waals surface area contributed by atoms with Crippen LogP contribution in [0.5, 0.6) is 0 Å². The van der Waals surface area contributed by atoms with Crippen molar-refractivity contribution in [2.75, 3.05) is 24.5 Å². The molecule has 31 heavy (non-hydrogen) atoms. The Labute approximate surface area is 184 Å². The number of amides is 3. The Hall–Kier alpha value is -3.32. The van der Waals surface area contributed by atoms with Gasteiger partial charge in [0.25, 0.3) is 11.8 Å². The van der Waals surface area contributed by atoms with E-state index >= 15 is 0 Å². The van der Waals surface area contributed by atoms with Crippen molar-refractivity contribution < 1.29 is 14.4 Å². The monoisotopic (exact) mass is 438 g/mol. The number of fused-ring (bicyclic) bond motifs is 1. The van der Waals surface area contributed by atoms with Crippen LogP contribution in [0.3, 0.4) is 0 Å². The topological polar surface area (TPSA) is 94.3 Å². The Kier molecular flexibility index (Phi) is 6.23. The van der Waals surface area contributed by atoms with E-state index < -0.39 is 0 Å². The van der Waals surface area contributed by atoms with Gasteiger partial charge < -0.3 is 20.5 Å². The second-order valence-corrected chi connectivity index (χ2v) is 7.87. The SMILES string of the molecule is O=C(NCCNC(=O)c1ccc2c(Cl)c[nH]c2c1)c1ccc(N2CCCCC2=O)cc1. The van der Waals surface area contributed by atoms with Gasteiger partial charge in [-0.3, -0.25) is 14.4 Å². The van der Waals surface area contributed by atoms with E-state index in [2.05, 4.69) is 15.6 Å². The maximum Gasteiger partial charge on any atom is 0.251 e. The Morgan fingerprint density at radius 1 is 0.968 bits per heavy atom. The lowest BCUT2D eigenvalue weighted by molar-refractivity contribution is -0.119. The van der Waals surface area contributed by atoms with Crippen molar-refractivity contribution in [2.24, 2.45) is 0 Å². The third kappa shape index (κ3) is 4.72. The van der Waals surface area contributed by atoms with E-state index in [1.165, 1.54) is 0 Å². The van der Waals surface area contributed by atoms with Gasteiger partial charge in [0.1, 0.15) is 0 Å². The summed E-state index contributed by atoms with van der Waals surface area (Å²) in [6.45, 7) is 1.32. The molecular weight excluding hydrogens is 416 g/mol. The number of nitrogens with zero attached hydrogens (tertiary/aromatic N) is 1. The average Bonchev–Trinajstić information content (AvgIpc) is 3.17. The predicted octanol–water partition coefficient (Wildman–Crippen LogP) is 3.50. The molecule has 0 saturated carbocycles. The minimum atomic E-state index is -0.229. The van der Waals surface area contributed by atoms with Crippen LogP contribution in [0.4, 0.5) is 5.69 Å². The number of carbonyl (C=O) groups is 3. The van der Waals surface area contributed by atoms with Crippen LogP contribution in [0, 0.1) is 0 Å². The van der Waals surface area contributed by atoms with Crippen LogP contribution in [0.2, 0.25) is 5.02 Å². The fourth-order valence-corrected chi connectivity index (χ4v) is 3.88. The number of hydrogen-bond acceptors (Lipinski definition) is 3. The van der Waals surface area contributed by atoms with Crippen LogP contribution < -0.4 is 15.5 Å². The highest BCUT2D eigenvalue weighted by molar-refractivity contribution is 6.35. The van der Waals surface area contributed by atoms with Gasteiger partial charge in [-0.2, -0.15) is 0 Å². The zero-order valence-corrected chi connectivity index (χ0v) is 17.7. The number of anilines is 1. The summed E-state index contributed by atoms with van der Waals surface area (Å²) in [5.74, 6) is -0.330. The molecule has 1 aliphatic rings. The minimum Gasteiger partial charge on any atom is -0.360 e. The lowest BCUT2D eigenvalue weighted by Crippen LogP contribution is -2.35. The van der Waals surface area contributed by atoms with E-state index in [0.717, 1.165) is 29.4 Å². The molecule has 7 nitrogen and oxygen atoms in total. The van der Waals surface area contributed by atoms with E-state index in [-0.39, 0.29) is 17.7 Å². The Bertz CT molecular complexity index is 1120. The molecule has 1 fully saturated rings. The van der Waals surface area contributed by atoms with Gasteiger partial charge in [-0.25, -0.2) is 0 Å². The van der Waals surface area contributed by atoms with Gasteiger partial charge in [-0.15, -0.1) is 0 Å². The third-order valence-corrected chi connectivity index (χ3v) is 5.67. The molecule has 0 atom stereocenters. The number of halogens is 1. The van der Waals surface area contributed by atoms with Crippen molar-refractivity contribution in [3.63, 3.8) is 0 Å². The number of H-pyrrole nitrogens is 1. The summed E-state index contributed by atoms with van der Waals surface area (Å²) < 4.78 is 0. The molecule has 8 heteroatoms. The van der Waals surface area contributed by atoms with Crippen molar-refractivity contribution in [1.29, 1.82) is 0 Å². The Balaban J connectivity index is 1.25. The highest BCUT2D eigenvalue weighted by Crippen LogP contribution is 2.23. The Morgan fingerprint density at radius 2 is 1.65 bits per heavy atom. The standard InChI is InChI=1S/C23H23ClN4O3/c24-19-14-27-20-13-16(6-9-18(19)20)23(31)26-11-10-25-22(30)15-4-7-17(8-5-15)28-12-2-1-3-21(28)29/h4-9,13-14,27H,1-3,10-12H2,(H,25,30)(H,26,31). The highest BCUT2D eigenvalue weighted by Gasteiger charge is 2.19. The van der Waals surface area contributed by atoms with E-state index in [9.17, 15) is 14.4 Å². The third-order valence-electron chi connectivity index (χ3n) is 5.35. The molecule has 2 aromatic carbocycles. The van der Waals surface area contributed by atoms with Crippen molar-refractivity contribution in [3.05, 3.63) is 64.8 Å². The molecule has 3 aromatic rings. The number of nitrogens with one attached hydrogen (secondary N) is 3. The molecular formula is C23H23ClN4O3. The van der Waals surface area contributed by atoms with Crippen LogP contribution in [-0.4, -0.2) is 42.3 Å². The maximum atomic E-state index is 12.3. The molecule has 1 aromatic heterocycles. The molecule has 0 aliphatic carbocycles. The average molecular weight is 439 g/mol. The van der Waals surface area contributed by atoms with E-state index in [4.69, 9.17) is 11.6 Å². The first-order valence-corrected chi connectivity index (χ1v) is 10.6. The number of carbonyl (C=O) groups excluding carboxylic acids is 3. The van der Waals surface area contributed by atoms with Gasteiger partial charge >= 0.3 is 0 Å². The quantitative estimate of drug-likeness (QED) is 0.514. The van der Waals surface area contributed by atoms with Crippen molar-refractivity contribution in [2.45, 2.75) is 19.3 Å². The number of piperidine rings is 1. The summed E-state index contributed by atoms with van der Waals surface area (Å²) in [4.78, 5) is 41.5. The zero-order valence-electron chi connectivity index (χ0n) is 16.9. The molecule has 1 saturated heterocycles. The van der Waals surface area contributed by atoms with Crippen molar-refractivity contribution >= 4 is 45.9 Å². The molecule has 4 rings (SSSR count). The molecule has 1 aliphatic heterocycles. The van der Waals surface area contributed by atoms with Crippen LogP contribution in [-0.2, 0) is 4.79 Å². The minimum absolute atomic E-state index is 0.123. The number of aromatic nitrogens is 1. The zero-order chi connectivity index (χ0) is 21.8. The first kappa shape index (κ1) is 20.9. The number of benzene rings is 2. The summed E-state index contributed by atoms with van der Waals surface area (Å²) >= 11 is 6.05. The van der Waals surface area contributed by atoms with Gasteiger partial charge in [0.05, 0.1) is 5.02 Å². The number of aromatic amines is 1. The number of hydrogen-bond donors (Lipinski definition) is 3. The highest BCUT2D eigenvalue weighted by atomic mass is 35.5. The normalized spacial score (nSPS) is 14.0. The van der Waals surface area contributed by atoms with Crippen molar-refractivity contribution in [1.82, 2.24) is 15.6 Å². The summed E-state index contributed by atoms with van der Waals surface area (Å²) in [5.41, 5.74) is 2.63. The van der Waals surface area contributed by atoms with Crippen LogP contribution in [0.25, 0.3) is 10.9 Å². The van der Waals surface area contributed by atoms with E-state index in [1.54, 1.807) is 53.6 Å². The molecule has 0 bridgehead atoms. The molecule has 3 amide bonds. The molecule has 160 valence electrons. The summed E-state index contributed by atoms with van der Waals surface area (Å²) in [6, 6.07) is 12.3. The largest absolute Gasteiger partial charge is 0.360 e. The molecule has 0 unspecified atom stereocenters. The molecule has 2 heterocycles. The van der Waals surface area contributed by atoms with Crippen LogP contribution in [0.15, 0.2) is 48.7 Å². The van der Waals surface area contributed by atoms with Crippen LogP contribution >= 0.6 is 11.6 Å². The van der Waals surface area contributed by atoms with Gasteiger partial charge in [-0.05, 0) is 49.2 Å². The Morgan fingerprint density at radius 3 is 2.35 bits per heavy atom. The lowest BCUT2D eigenvalue weighted by atomic mass is 10.1. The fourth-order valence-electron chi connectivity index (χ4n) is 3.66. The van der Waals surface area contributed by atoms with Gasteiger partial charge in [0, 0.05) is 60.0 Å². The smallest absolute Gasteiger partial charge is 0.251 e. The summed E-state index contributed by atoms with van der Waals surface area (Å²) in [5, 5.41) is 7.05. The van der Waals surface area contributed by atoms with E-state index in [1.807, 2.05) is 0 Å². The van der Waals surface area contributed by atoms with Crippen LogP contribution in [0.1, 0.15) is 40.0 Å². The summed E-state index contributed by atoms with van der Waals surface area (Å²) in [7, 11) is 0. The van der Waals surface area contributed by atoms with Gasteiger partial charge in [-0.1, -0.05) is 17.7 Å². The molecule has 0 radical (unpaired) electrons. The molecule has 3 N–H and O–H groups in total. The first-order valence-electron chi connectivity index (χ1n) is 10.3. The number of rotatable bonds is 6. The van der Waals surface area contributed by atoms with Gasteiger partial charge in [0.2, 0.25) is 5.91 Å². The second-order valence-electron chi connectivity index (χ2n) is 7.46. The predicted molar refractivity (Wildman–Crippen MR) is 121 cm³/mol. The molecule has 0 spiro atoms. The van der Waals surface area contributed by atoms with E-state index in [0.29, 0.717) is 42.2 Å². The lowest BCUT2D eigenvalue weighted by Gasteiger charge is -2.26. The fraction of sp³-hybridized carbons (Fsp3) is 0.261. The second kappa shape index (κ2) is 9.22. The maximum absolute atomic E-state index is 12.3. The van der Waals surface area contributed by atoms with Crippen molar-refractivity contribution in [3.8, 4) is 0 Å². The summed E-state index contributed by atoms with van der Waals surface area (Å²) in [6.07, 6.45) is 4.18. The van der Waals surface area contributed by atoms with Gasteiger partial charge in [0.15, 0.2) is 0 Å². The first-order chi connectivity index (χ1) is 15.0.